The number of hydrogen-bond acceptors (Lipinski definition) is 1. The zero-order valence-electron chi connectivity index (χ0n) is 20.1. The molecule has 0 nitrogen and oxygen atoms in total. The topological polar surface area (TPSA) is 0 Å². The van der Waals surface area contributed by atoms with Crippen LogP contribution < -0.4 is 0 Å². The lowest BCUT2D eigenvalue weighted by atomic mass is 9.81. The van der Waals surface area contributed by atoms with Gasteiger partial charge in [-0.2, -0.15) is 0 Å². The summed E-state index contributed by atoms with van der Waals surface area (Å²) in [6, 6.07) is 22.7. The van der Waals surface area contributed by atoms with Crippen molar-refractivity contribution >= 4 is 38.1 Å². The molecule has 0 saturated carbocycles. The predicted molar refractivity (Wildman–Crippen MR) is 148 cm³/mol. The fourth-order valence-electron chi connectivity index (χ4n) is 5.24. The van der Waals surface area contributed by atoms with Crippen molar-refractivity contribution in [2.75, 3.05) is 0 Å². The highest BCUT2D eigenvalue weighted by Gasteiger charge is 2.35. The van der Waals surface area contributed by atoms with Gasteiger partial charge in [0.05, 0.1) is 0 Å². The molecule has 1 heterocycles. The Balaban J connectivity index is 1.67. The van der Waals surface area contributed by atoms with E-state index in [1.165, 1.54) is 53.9 Å². The first-order chi connectivity index (χ1) is 15.9. The largest absolute Gasteiger partial charge is 0.139 e. The van der Waals surface area contributed by atoms with Gasteiger partial charge >= 0.3 is 0 Å². The molecule has 1 aliphatic rings. The standard InChI is InChI=1S/C31H31ClS/c1-6-10-27(32)29-24-17-20(14-16-28(24)33-30(29)19(3)7-2)21-13-15-23-22-11-8-9-12-25(22)31(4,5)26(23)18-21/h8-19H,6-7H2,1-5H3/b27-10-. The number of benzene rings is 3. The van der Waals surface area contributed by atoms with E-state index in [0.717, 1.165) is 17.9 Å². The summed E-state index contributed by atoms with van der Waals surface area (Å²) in [5.41, 5.74) is 9.35. The zero-order valence-corrected chi connectivity index (χ0v) is 21.7. The van der Waals surface area contributed by atoms with E-state index in [9.17, 15) is 0 Å². The van der Waals surface area contributed by atoms with Crippen molar-refractivity contribution in [3.05, 3.63) is 88.3 Å². The maximum Gasteiger partial charge on any atom is 0.0455 e. The van der Waals surface area contributed by atoms with Crippen LogP contribution in [0.25, 0.3) is 37.4 Å². The zero-order chi connectivity index (χ0) is 23.3. The van der Waals surface area contributed by atoms with E-state index in [0.29, 0.717) is 5.92 Å². The quantitative estimate of drug-likeness (QED) is 0.272. The molecular weight excluding hydrogens is 440 g/mol. The van der Waals surface area contributed by atoms with Crippen molar-refractivity contribution in [1.29, 1.82) is 0 Å². The molecule has 0 bridgehead atoms. The van der Waals surface area contributed by atoms with E-state index in [1.54, 1.807) is 0 Å². The van der Waals surface area contributed by atoms with Gasteiger partial charge in [-0.05, 0) is 70.3 Å². The van der Waals surface area contributed by atoms with Gasteiger partial charge in [-0.25, -0.2) is 0 Å². The molecule has 168 valence electrons. The molecule has 1 unspecified atom stereocenters. The van der Waals surface area contributed by atoms with E-state index in [2.05, 4.69) is 101 Å². The van der Waals surface area contributed by atoms with Crippen molar-refractivity contribution < 1.29 is 0 Å². The summed E-state index contributed by atoms with van der Waals surface area (Å²) in [4.78, 5) is 1.41. The summed E-state index contributed by atoms with van der Waals surface area (Å²) < 4.78 is 1.32. The molecule has 1 aliphatic carbocycles. The number of thiophene rings is 1. The third-order valence-electron chi connectivity index (χ3n) is 7.31. The molecule has 5 rings (SSSR count). The number of halogens is 1. The molecule has 0 amide bonds. The molecule has 0 saturated heterocycles. The van der Waals surface area contributed by atoms with Gasteiger partial charge < -0.3 is 0 Å². The highest BCUT2D eigenvalue weighted by atomic mass is 35.5. The Kier molecular flexibility index (Phi) is 5.75. The van der Waals surface area contributed by atoms with Gasteiger partial charge in [-0.3, -0.25) is 0 Å². The van der Waals surface area contributed by atoms with Crippen LogP contribution in [-0.4, -0.2) is 0 Å². The Labute approximate surface area is 206 Å². The smallest absolute Gasteiger partial charge is 0.0455 e. The second-order valence-electron chi connectivity index (χ2n) is 9.75. The van der Waals surface area contributed by atoms with Gasteiger partial charge in [0.1, 0.15) is 0 Å². The van der Waals surface area contributed by atoms with Crippen LogP contribution in [-0.2, 0) is 5.41 Å². The monoisotopic (exact) mass is 470 g/mol. The molecule has 4 aromatic rings. The molecule has 0 fully saturated rings. The molecule has 33 heavy (non-hydrogen) atoms. The van der Waals surface area contributed by atoms with Gasteiger partial charge in [-0.1, -0.05) is 94.8 Å². The maximum atomic E-state index is 6.86. The van der Waals surface area contributed by atoms with Crippen LogP contribution in [0.1, 0.15) is 74.9 Å². The van der Waals surface area contributed by atoms with Gasteiger partial charge in [-0.15, -0.1) is 11.3 Å². The first-order valence-electron chi connectivity index (χ1n) is 12.0. The van der Waals surface area contributed by atoms with Crippen molar-refractivity contribution in [3.8, 4) is 22.3 Å². The Morgan fingerprint density at radius 1 is 0.939 bits per heavy atom. The molecule has 1 atom stereocenters. The molecule has 0 radical (unpaired) electrons. The Bertz CT molecular complexity index is 1390. The van der Waals surface area contributed by atoms with E-state index in [1.807, 2.05) is 11.3 Å². The molecule has 0 spiro atoms. The third-order valence-corrected chi connectivity index (χ3v) is 9.06. The lowest BCUT2D eigenvalue weighted by Gasteiger charge is -2.22. The Morgan fingerprint density at radius 2 is 1.64 bits per heavy atom. The van der Waals surface area contributed by atoms with Crippen molar-refractivity contribution in [3.63, 3.8) is 0 Å². The van der Waals surface area contributed by atoms with Gasteiger partial charge in [0.15, 0.2) is 0 Å². The molecule has 2 heteroatoms. The first kappa shape index (κ1) is 22.4. The third kappa shape index (κ3) is 3.57. The number of rotatable bonds is 5. The number of fused-ring (bicyclic) bond motifs is 4. The summed E-state index contributed by atoms with van der Waals surface area (Å²) in [5, 5.41) is 2.17. The normalized spacial score (nSPS) is 15.5. The minimum atomic E-state index is 0.0104. The maximum absolute atomic E-state index is 6.86. The highest BCUT2D eigenvalue weighted by molar-refractivity contribution is 7.19. The van der Waals surface area contributed by atoms with E-state index in [-0.39, 0.29) is 5.41 Å². The van der Waals surface area contributed by atoms with E-state index >= 15 is 0 Å². The van der Waals surface area contributed by atoms with E-state index in [4.69, 9.17) is 11.6 Å². The molecule has 0 aliphatic heterocycles. The van der Waals surface area contributed by atoms with Crippen LogP contribution in [0.3, 0.4) is 0 Å². The SMILES string of the molecule is CC/C=C(\Cl)c1c(C(C)CC)sc2ccc(-c3ccc4c(c3)C(C)(C)c3ccccc3-4)cc12. The number of hydrogen-bond donors (Lipinski definition) is 0. The van der Waals surface area contributed by atoms with Gasteiger partial charge in [0, 0.05) is 31.0 Å². The average molecular weight is 471 g/mol. The molecular formula is C31H31ClS. The van der Waals surface area contributed by atoms with Crippen LogP contribution >= 0.6 is 22.9 Å². The van der Waals surface area contributed by atoms with Crippen molar-refractivity contribution in [2.24, 2.45) is 0 Å². The summed E-state index contributed by atoms with van der Waals surface area (Å²) in [6.45, 7) is 11.4. The van der Waals surface area contributed by atoms with E-state index < -0.39 is 0 Å². The molecule has 0 N–H and O–H groups in total. The van der Waals surface area contributed by atoms with Crippen LogP contribution in [0.2, 0.25) is 0 Å². The second-order valence-corrected chi connectivity index (χ2v) is 11.2. The number of allylic oxidation sites excluding steroid dienone is 1. The summed E-state index contributed by atoms with van der Waals surface area (Å²) >= 11 is 8.77. The predicted octanol–water partition coefficient (Wildman–Crippen LogP) is 10.4. The molecule has 1 aromatic heterocycles. The van der Waals surface area contributed by atoms with Crippen LogP contribution in [0.15, 0.2) is 66.7 Å². The first-order valence-corrected chi connectivity index (χ1v) is 13.2. The Morgan fingerprint density at radius 3 is 2.39 bits per heavy atom. The van der Waals surface area contributed by atoms with Gasteiger partial charge in [0.25, 0.3) is 0 Å². The Hall–Kier alpha value is -2.35. The summed E-state index contributed by atoms with van der Waals surface area (Å²) in [5.74, 6) is 0.499. The minimum absolute atomic E-state index is 0.0104. The lowest BCUT2D eigenvalue weighted by molar-refractivity contribution is 0.660. The van der Waals surface area contributed by atoms with Crippen molar-refractivity contribution in [2.45, 2.75) is 58.8 Å². The highest BCUT2D eigenvalue weighted by Crippen LogP contribution is 2.50. The van der Waals surface area contributed by atoms with Gasteiger partial charge in [0.2, 0.25) is 0 Å². The van der Waals surface area contributed by atoms with Crippen LogP contribution in [0.4, 0.5) is 0 Å². The van der Waals surface area contributed by atoms with Crippen LogP contribution in [0.5, 0.6) is 0 Å². The molecule has 3 aromatic carbocycles. The minimum Gasteiger partial charge on any atom is -0.139 e. The fourth-order valence-corrected chi connectivity index (χ4v) is 6.99. The summed E-state index contributed by atoms with van der Waals surface area (Å²) in [7, 11) is 0. The van der Waals surface area contributed by atoms with Crippen molar-refractivity contribution in [1.82, 2.24) is 0 Å². The average Bonchev–Trinajstić information content (AvgIpc) is 3.32. The second kappa shape index (κ2) is 8.46. The summed E-state index contributed by atoms with van der Waals surface area (Å²) in [6.07, 6.45) is 4.20. The van der Waals surface area contributed by atoms with Crippen LogP contribution in [0, 0.1) is 0 Å². The lowest BCUT2D eigenvalue weighted by Crippen LogP contribution is -2.14. The fraction of sp³-hybridized carbons (Fsp3) is 0.290.